The van der Waals surface area contributed by atoms with Crippen molar-refractivity contribution in [3.63, 3.8) is 0 Å². The molecule has 1 aliphatic carbocycles. The number of rotatable bonds is 5. The lowest BCUT2D eigenvalue weighted by atomic mass is 10.4. The average molecular weight is 339 g/mol. The second-order valence-electron chi connectivity index (χ2n) is 5.07. The van der Waals surface area contributed by atoms with Gasteiger partial charge in [0.1, 0.15) is 5.15 Å². The van der Waals surface area contributed by atoms with E-state index in [1.54, 1.807) is 12.1 Å². The highest BCUT2D eigenvalue weighted by Crippen LogP contribution is 2.34. The largest absolute Gasteiger partial charge is 0.418 e. The van der Waals surface area contributed by atoms with Crippen molar-refractivity contribution in [3.05, 3.63) is 28.5 Å². The van der Waals surface area contributed by atoms with Crippen LogP contribution in [0.1, 0.15) is 17.8 Å². The number of amides is 1. The molecule has 6 nitrogen and oxygen atoms in total. The van der Waals surface area contributed by atoms with Crippen LogP contribution in [-0.2, 0) is 0 Å². The van der Waals surface area contributed by atoms with E-state index in [9.17, 15) is 4.79 Å². The van der Waals surface area contributed by atoms with E-state index in [0.29, 0.717) is 16.7 Å². The third-order valence-electron chi connectivity index (χ3n) is 3.11. The van der Waals surface area contributed by atoms with Crippen LogP contribution in [0.4, 0.5) is 15.5 Å². The summed E-state index contributed by atoms with van der Waals surface area (Å²) in [7, 11) is 0. The summed E-state index contributed by atoms with van der Waals surface area (Å²) in [6.45, 7) is 2.76. The highest BCUT2D eigenvalue weighted by Gasteiger charge is 2.22. The molecule has 2 aromatic rings. The average Bonchev–Trinajstić information content (AvgIpc) is 3.21. The number of anilines is 2. The van der Waals surface area contributed by atoms with Crippen molar-refractivity contribution in [2.75, 3.05) is 17.2 Å². The van der Waals surface area contributed by atoms with Gasteiger partial charge in [-0.3, -0.25) is 5.32 Å². The molecule has 2 heterocycles. The Kier molecular flexibility index (Phi) is 4.44. The van der Waals surface area contributed by atoms with Gasteiger partial charge < -0.3 is 10.1 Å². The van der Waals surface area contributed by atoms with Crippen LogP contribution < -0.4 is 15.4 Å². The van der Waals surface area contributed by atoms with Crippen molar-refractivity contribution in [2.45, 2.75) is 19.8 Å². The van der Waals surface area contributed by atoms with Gasteiger partial charge in [-0.15, -0.1) is 0 Å². The molecule has 0 bridgehead atoms. The zero-order valence-electron chi connectivity index (χ0n) is 11.9. The van der Waals surface area contributed by atoms with Crippen LogP contribution in [0.25, 0.3) is 0 Å². The Morgan fingerprint density at radius 3 is 3.09 bits per heavy atom. The van der Waals surface area contributed by atoms with Crippen molar-refractivity contribution in [1.82, 2.24) is 9.97 Å². The Hall–Kier alpha value is -1.86. The fourth-order valence-corrected chi connectivity index (χ4v) is 2.79. The summed E-state index contributed by atoms with van der Waals surface area (Å²) >= 11 is 7.25. The van der Waals surface area contributed by atoms with Gasteiger partial charge in [-0.1, -0.05) is 22.9 Å². The lowest BCUT2D eigenvalue weighted by molar-refractivity contribution is 0.214. The van der Waals surface area contributed by atoms with Crippen molar-refractivity contribution < 1.29 is 9.53 Å². The summed E-state index contributed by atoms with van der Waals surface area (Å²) in [4.78, 5) is 20.0. The maximum Gasteiger partial charge on any atom is 0.418 e. The van der Waals surface area contributed by atoms with Crippen LogP contribution in [-0.4, -0.2) is 22.6 Å². The zero-order chi connectivity index (χ0) is 15.5. The van der Waals surface area contributed by atoms with Crippen LogP contribution >= 0.6 is 22.9 Å². The molecule has 3 rings (SSSR count). The number of carbonyl (C=O) groups is 1. The number of nitrogens with zero attached hydrogens (tertiary/aromatic N) is 2. The first-order chi connectivity index (χ1) is 10.6. The number of thiazole rings is 1. The fraction of sp³-hybridized carbons (Fsp3) is 0.357. The van der Waals surface area contributed by atoms with Crippen LogP contribution in [0.5, 0.6) is 5.88 Å². The first kappa shape index (κ1) is 15.1. The predicted molar refractivity (Wildman–Crippen MR) is 87.0 cm³/mol. The molecular weight excluding hydrogens is 324 g/mol. The monoisotopic (exact) mass is 338 g/mol. The molecule has 0 saturated heterocycles. The molecule has 2 N–H and O–H groups in total. The van der Waals surface area contributed by atoms with E-state index in [-0.39, 0.29) is 0 Å². The van der Waals surface area contributed by atoms with E-state index in [1.165, 1.54) is 30.4 Å². The molecule has 22 heavy (non-hydrogen) atoms. The predicted octanol–water partition coefficient (Wildman–Crippen LogP) is 3.93. The molecule has 1 saturated carbocycles. The lowest BCUT2D eigenvalue weighted by Gasteiger charge is -2.07. The van der Waals surface area contributed by atoms with E-state index in [4.69, 9.17) is 16.3 Å². The van der Waals surface area contributed by atoms with Crippen LogP contribution in [0.2, 0.25) is 5.15 Å². The SMILES string of the molecule is Cc1nc(OC(=O)Nc2ccnc(Cl)c2)c(NCC2CC2)s1. The maximum absolute atomic E-state index is 11.9. The van der Waals surface area contributed by atoms with Crippen molar-refractivity contribution in [1.29, 1.82) is 0 Å². The van der Waals surface area contributed by atoms with Crippen molar-refractivity contribution >= 4 is 39.7 Å². The fourth-order valence-electron chi connectivity index (χ4n) is 1.86. The molecule has 116 valence electrons. The number of pyridine rings is 1. The second kappa shape index (κ2) is 6.50. The number of aromatic nitrogens is 2. The van der Waals surface area contributed by atoms with Gasteiger partial charge in [-0.25, -0.2) is 14.8 Å². The van der Waals surface area contributed by atoms with Crippen LogP contribution in [0.3, 0.4) is 0 Å². The molecule has 0 spiro atoms. The van der Waals surface area contributed by atoms with Gasteiger partial charge in [0, 0.05) is 18.4 Å². The summed E-state index contributed by atoms with van der Waals surface area (Å²) in [5.41, 5.74) is 0.518. The summed E-state index contributed by atoms with van der Waals surface area (Å²) in [6.07, 6.45) is 3.41. The summed E-state index contributed by atoms with van der Waals surface area (Å²) in [6, 6.07) is 3.17. The smallest absolute Gasteiger partial charge is 0.388 e. The molecule has 1 fully saturated rings. The third-order valence-corrected chi connectivity index (χ3v) is 4.23. The molecule has 0 atom stereocenters. The van der Waals surface area contributed by atoms with Crippen LogP contribution in [0, 0.1) is 12.8 Å². The van der Waals surface area contributed by atoms with E-state index in [2.05, 4.69) is 20.6 Å². The topological polar surface area (TPSA) is 76.1 Å². The number of aryl methyl sites for hydroxylation is 1. The lowest BCUT2D eigenvalue weighted by Crippen LogP contribution is -2.17. The summed E-state index contributed by atoms with van der Waals surface area (Å²) in [5, 5.41) is 7.82. The van der Waals surface area contributed by atoms with Crippen molar-refractivity contribution in [2.24, 2.45) is 5.92 Å². The van der Waals surface area contributed by atoms with Gasteiger partial charge in [0.2, 0.25) is 0 Å². The molecule has 0 aromatic carbocycles. The molecule has 8 heteroatoms. The van der Waals surface area contributed by atoms with Gasteiger partial charge in [0.25, 0.3) is 5.88 Å². The quantitative estimate of drug-likeness (QED) is 0.808. The molecule has 0 aliphatic heterocycles. The molecule has 1 aliphatic rings. The molecule has 0 radical (unpaired) electrons. The van der Waals surface area contributed by atoms with Gasteiger partial charge in [0.15, 0.2) is 5.00 Å². The Morgan fingerprint density at radius 1 is 1.55 bits per heavy atom. The Labute approximate surface area is 136 Å². The maximum atomic E-state index is 11.9. The minimum atomic E-state index is -0.609. The highest BCUT2D eigenvalue weighted by molar-refractivity contribution is 7.16. The number of hydrogen-bond acceptors (Lipinski definition) is 6. The van der Waals surface area contributed by atoms with Gasteiger partial charge in [0.05, 0.1) is 5.01 Å². The Bertz CT molecular complexity index is 687. The minimum Gasteiger partial charge on any atom is -0.388 e. The highest BCUT2D eigenvalue weighted by atomic mass is 35.5. The van der Waals surface area contributed by atoms with E-state index < -0.39 is 6.09 Å². The first-order valence-electron chi connectivity index (χ1n) is 6.92. The van der Waals surface area contributed by atoms with Crippen molar-refractivity contribution in [3.8, 4) is 5.88 Å². The third kappa shape index (κ3) is 4.08. The van der Waals surface area contributed by atoms with Gasteiger partial charge >= 0.3 is 6.09 Å². The molecule has 2 aromatic heterocycles. The van der Waals surface area contributed by atoms with Gasteiger partial charge in [-0.2, -0.15) is 0 Å². The van der Waals surface area contributed by atoms with E-state index in [0.717, 1.165) is 22.5 Å². The normalized spacial score (nSPS) is 13.7. The zero-order valence-corrected chi connectivity index (χ0v) is 13.5. The molecule has 0 unspecified atom stereocenters. The summed E-state index contributed by atoms with van der Waals surface area (Å²) in [5.74, 6) is 1.03. The number of nitrogens with one attached hydrogen (secondary N) is 2. The number of carbonyl (C=O) groups excluding carboxylic acids is 1. The minimum absolute atomic E-state index is 0.300. The van der Waals surface area contributed by atoms with Gasteiger partial charge in [-0.05, 0) is 37.8 Å². The standard InChI is InChI=1S/C14H15ClN4O2S/c1-8-18-12(13(22-8)17-7-9-2-3-9)21-14(20)19-10-4-5-16-11(15)6-10/h4-6,9,17H,2-3,7H2,1H3,(H,16,19,20). The van der Waals surface area contributed by atoms with Crippen LogP contribution in [0.15, 0.2) is 18.3 Å². The van der Waals surface area contributed by atoms with E-state index >= 15 is 0 Å². The Balaban J connectivity index is 1.62. The Morgan fingerprint density at radius 2 is 2.36 bits per heavy atom. The number of hydrogen-bond donors (Lipinski definition) is 2. The molecular formula is C14H15ClN4O2S. The summed E-state index contributed by atoms with van der Waals surface area (Å²) < 4.78 is 5.29. The second-order valence-corrected chi connectivity index (χ2v) is 6.66. The first-order valence-corrected chi connectivity index (χ1v) is 8.11. The van der Waals surface area contributed by atoms with E-state index in [1.807, 2.05) is 6.92 Å². The number of ether oxygens (including phenoxy) is 1. The molecule has 1 amide bonds. The number of halogens is 1.